The van der Waals surface area contributed by atoms with Gasteiger partial charge >= 0.3 is 0 Å². The summed E-state index contributed by atoms with van der Waals surface area (Å²) in [5, 5.41) is -0.123. The topological polar surface area (TPSA) is 64.4 Å². The van der Waals surface area contributed by atoms with Crippen molar-refractivity contribution in [3.8, 4) is 5.75 Å². The van der Waals surface area contributed by atoms with Gasteiger partial charge < -0.3 is 9.30 Å². The third-order valence-electron chi connectivity index (χ3n) is 4.00. The summed E-state index contributed by atoms with van der Waals surface area (Å²) in [7, 11) is -2.00. The standard InChI is InChI=1S/C16H21N3O3S2/c1-12(2)18-10-15(17-11-18)24(20,21)19-8-9-23-16(19)13-4-6-14(22-3)7-5-13/h4-7,10-12,16H,8-9H2,1-3H3. The SMILES string of the molecule is COc1ccc(C2SCCN2S(=O)(=O)c2cn(C(C)C)cn2)cc1. The highest BCUT2D eigenvalue weighted by Crippen LogP contribution is 2.41. The van der Waals surface area contributed by atoms with Gasteiger partial charge in [0, 0.05) is 24.5 Å². The fourth-order valence-corrected chi connectivity index (χ4v) is 5.75. The summed E-state index contributed by atoms with van der Waals surface area (Å²) in [5.74, 6) is 1.52. The van der Waals surface area contributed by atoms with Crippen LogP contribution in [0.15, 0.2) is 41.8 Å². The van der Waals surface area contributed by atoms with Crippen molar-refractivity contribution in [2.45, 2.75) is 30.3 Å². The van der Waals surface area contributed by atoms with Crippen LogP contribution < -0.4 is 4.74 Å². The molecule has 1 fully saturated rings. The summed E-state index contributed by atoms with van der Waals surface area (Å²) in [4.78, 5) is 4.11. The molecular weight excluding hydrogens is 346 g/mol. The van der Waals surface area contributed by atoms with Gasteiger partial charge in [-0.1, -0.05) is 12.1 Å². The summed E-state index contributed by atoms with van der Waals surface area (Å²) in [6, 6.07) is 7.71. The molecule has 0 bridgehead atoms. The Labute approximate surface area is 146 Å². The van der Waals surface area contributed by atoms with Crippen molar-refractivity contribution < 1.29 is 13.2 Å². The summed E-state index contributed by atoms with van der Waals surface area (Å²) in [6.07, 6.45) is 3.18. The van der Waals surface area contributed by atoms with Crippen LogP contribution in [-0.2, 0) is 10.0 Å². The fourth-order valence-electron chi connectivity index (χ4n) is 2.59. The molecule has 0 spiro atoms. The van der Waals surface area contributed by atoms with Crippen molar-refractivity contribution in [3.05, 3.63) is 42.4 Å². The number of imidazole rings is 1. The van der Waals surface area contributed by atoms with Crippen LogP contribution in [0.3, 0.4) is 0 Å². The van der Waals surface area contributed by atoms with E-state index in [1.54, 1.807) is 36.0 Å². The first-order valence-electron chi connectivity index (χ1n) is 7.74. The average molecular weight is 367 g/mol. The van der Waals surface area contributed by atoms with Crippen LogP contribution in [-0.4, -0.2) is 41.7 Å². The van der Waals surface area contributed by atoms with Crippen molar-refractivity contribution in [2.24, 2.45) is 0 Å². The molecule has 2 aromatic rings. The fraction of sp³-hybridized carbons (Fsp3) is 0.438. The van der Waals surface area contributed by atoms with Crippen LogP contribution >= 0.6 is 11.8 Å². The second-order valence-electron chi connectivity index (χ2n) is 5.86. The molecule has 3 rings (SSSR count). The van der Waals surface area contributed by atoms with Crippen LogP contribution in [0.2, 0.25) is 0 Å². The molecule has 0 N–H and O–H groups in total. The lowest BCUT2D eigenvalue weighted by Gasteiger charge is -2.22. The van der Waals surface area contributed by atoms with Gasteiger partial charge in [0.15, 0.2) is 5.03 Å². The zero-order chi connectivity index (χ0) is 17.3. The summed E-state index contributed by atoms with van der Waals surface area (Å²) < 4.78 is 34.5. The number of nitrogens with zero attached hydrogens (tertiary/aromatic N) is 3. The molecule has 6 nitrogen and oxygen atoms in total. The number of hydrogen-bond donors (Lipinski definition) is 0. The lowest BCUT2D eigenvalue weighted by atomic mass is 10.2. The van der Waals surface area contributed by atoms with E-state index in [1.165, 1.54) is 4.31 Å². The zero-order valence-electron chi connectivity index (χ0n) is 13.9. The third-order valence-corrected chi connectivity index (χ3v) is 7.14. The van der Waals surface area contributed by atoms with Gasteiger partial charge in [-0.2, -0.15) is 4.31 Å². The number of ether oxygens (including phenoxy) is 1. The Morgan fingerprint density at radius 2 is 2.00 bits per heavy atom. The molecule has 130 valence electrons. The molecule has 1 atom stereocenters. The minimum atomic E-state index is -3.62. The van der Waals surface area contributed by atoms with Crippen molar-refractivity contribution in [1.82, 2.24) is 13.9 Å². The highest BCUT2D eigenvalue weighted by molar-refractivity contribution is 8.00. The second-order valence-corrected chi connectivity index (χ2v) is 8.89. The van der Waals surface area contributed by atoms with Gasteiger partial charge in [0.05, 0.1) is 18.8 Å². The van der Waals surface area contributed by atoms with Crippen molar-refractivity contribution >= 4 is 21.8 Å². The average Bonchev–Trinajstić information content (AvgIpc) is 3.24. The quantitative estimate of drug-likeness (QED) is 0.813. The lowest BCUT2D eigenvalue weighted by Crippen LogP contribution is -2.30. The lowest BCUT2D eigenvalue weighted by molar-refractivity contribution is 0.413. The van der Waals surface area contributed by atoms with E-state index in [0.29, 0.717) is 6.54 Å². The maximum Gasteiger partial charge on any atom is 0.263 e. The van der Waals surface area contributed by atoms with Gasteiger partial charge in [0.25, 0.3) is 10.0 Å². The molecule has 1 aromatic heterocycles. The first kappa shape index (κ1) is 17.3. The molecule has 0 amide bonds. The van der Waals surface area contributed by atoms with Crippen LogP contribution in [0.1, 0.15) is 30.8 Å². The van der Waals surface area contributed by atoms with E-state index in [2.05, 4.69) is 4.98 Å². The molecular formula is C16H21N3O3S2. The predicted molar refractivity (Wildman–Crippen MR) is 94.7 cm³/mol. The maximum absolute atomic E-state index is 13.0. The van der Waals surface area contributed by atoms with E-state index in [-0.39, 0.29) is 16.4 Å². The summed E-state index contributed by atoms with van der Waals surface area (Å²) >= 11 is 1.62. The number of aromatic nitrogens is 2. The highest BCUT2D eigenvalue weighted by Gasteiger charge is 2.38. The molecule has 0 aliphatic carbocycles. The molecule has 24 heavy (non-hydrogen) atoms. The Kier molecular flexibility index (Phi) is 4.89. The smallest absolute Gasteiger partial charge is 0.263 e. The first-order chi connectivity index (χ1) is 11.4. The number of rotatable bonds is 5. The van der Waals surface area contributed by atoms with Gasteiger partial charge in [-0.3, -0.25) is 0 Å². The molecule has 0 radical (unpaired) electrons. The van der Waals surface area contributed by atoms with Crippen LogP contribution in [0.5, 0.6) is 5.75 Å². The van der Waals surface area contributed by atoms with Gasteiger partial charge in [0.2, 0.25) is 0 Å². The number of hydrogen-bond acceptors (Lipinski definition) is 5. The maximum atomic E-state index is 13.0. The number of methoxy groups -OCH3 is 1. The third kappa shape index (κ3) is 3.18. The number of thioether (sulfide) groups is 1. The Morgan fingerprint density at radius 3 is 2.58 bits per heavy atom. The molecule has 1 aliphatic heterocycles. The van der Waals surface area contributed by atoms with Crippen LogP contribution in [0.25, 0.3) is 0 Å². The van der Waals surface area contributed by atoms with E-state index < -0.39 is 10.0 Å². The van der Waals surface area contributed by atoms with Gasteiger partial charge in [0.1, 0.15) is 5.75 Å². The highest BCUT2D eigenvalue weighted by atomic mass is 32.2. The van der Waals surface area contributed by atoms with Crippen molar-refractivity contribution in [3.63, 3.8) is 0 Å². The summed E-state index contributed by atoms with van der Waals surface area (Å²) in [5.41, 5.74) is 0.949. The normalized spacial score (nSPS) is 19.1. The Balaban J connectivity index is 1.90. The number of sulfonamides is 1. The molecule has 1 unspecified atom stereocenters. The summed E-state index contributed by atoms with van der Waals surface area (Å²) in [6.45, 7) is 4.46. The van der Waals surface area contributed by atoms with Crippen LogP contribution in [0.4, 0.5) is 0 Å². The Hall–Kier alpha value is -1.51. The van der Waals surface area contributed by atoms with Crippen LogP contribution in [0, 0.1) is 0 Å². The second kappa shape index (κ2) is 6.78. The molecule has 2 heterocycles. The van der Waals surface area contributed by atoms with Gasteiger partial charge in [-0.15, -0.1) is 11.8 Å². The Morgan fingerprint density at radius 1 is 1.29 bits per heavy atom. The Bertz CT molecular complexity index is 800. The molecule has 1 aromatic carbocycles. The first-order valence-corrected chi connectivity index (χ1v) is 10.2. The van der Waals surface area contributed by atoms with E-state index in [9.17, 15) is 8.42 Å². The molecule has 0 saturated carbocycles. The predicted octanol–water partition coefficient (Wildman–Crippen LogP) is 2.91. The van der Waals surface area contributed by atoms with Gasteiger partial charge in [-0.25, -0.2) is 13.4 Å². The molecule has 1 saturated heterocycles. The van der Waals surface area contributed by atoms with Gasteiger partial charge in [-0.05, 0) is 31.5 Å². The van der Waals surface area contributed by atoms with E-state index in [1.807, 2.05) is 38.1 Å². The van der Waals surface area contributed by atoms with E-state index in [4.69, 9.17) is 4.74 Å². The minimum absolute atomic E-state index is 0.109. The van der Waals surface area contributed by atoms with E-state index >= 15 is 0 Å². The molecule has 8 heteroatoms. The number of benzene rings is 1. The van der Waals surface area contributed by atoms with E-state index in [0.717, 1.165) is 17.1 Å². The molecule has 1 aliphatic rings. The zero-order valence-corrected chi connectivity index (χ0v) is 15.5. The van der Waals surface area contributed by atoms with Crippen molar-refractivity contribution in [2.75, 3.05) is 19.4 Å². The van der Waals surface area contributed by atoms with Crippen molar-refractivity contribution in [1.29, 1.82) is 0 Å². The largest absolute Gasteiger partial charge is 0.497 e. The monoisotopic (exact) mass is 367 g/mol. The minimum Gasteiger partial charge on any atom is -0.497 e.